The van der Waals surface area contributed by atoms with Gasteiger partial charge in [-0.1, -0.05) is 42.5 Å². The quantitative estimate of drug-likeness (QED) is 0.531. The van der Waals surface area contributed by atoms with Crippen molar-refractivity contribution < 1.29 is 14.3 Å². The van der Waals surface area contributed by atoms with Crippen molar-refractivity contribution in [2.75, 3.05) is 13.2 Å². The number of carbonyl (C=O) groups is 1. The molecule has 3 heteroatoms. The van der Waals surface area contributed by atoms with Crippen LogP contribution in [0.5, 0.6) is 5.75 Å². The average molecular weight is 310 g/mol. The van der Waals surface area contributed by atoms with Crippen molar-refractivity contribution in [3.63, 3.8) is 0 Å². The normalized spacial score (nSPS) is 10.9. The zero-order valence-electron chi connectivity index (χ0n) is 13.6. The Kier molecular flexibility index (Phi) is 6.57. The summed E-state index contributed by atoms with van der Waals surface area (Å²) in [4.78, 5) is 12.2. The molecule has 23 heavy (non-hydrogen) atoms. The number of allylic oxidation sites excluding steroid dienone is 1. The minimum absolute atomic E-state index is 0.0122. The zero-order valence-corrected chi connectivity index (χ0v) is 13.6. The van der Waals surface area contributed by atoms with Crippen LogP contribution in [0.2, 0.25) is 0 Å². The second kappa shape index (κ2) is 8.91. The summed E-state index contributed by atoms with van der Waals surface area (Å²) < 4.78 is 10.7. The third-order valence-corrected chi connectivity index (χ3v) is 3.33. The van der Waals surface area contributed by atoms with Crippen LogP contribution in [0.1, 0.15) is 35.3 Å². The molecule has 2 aromatic carbocycles. The first-order chi connectivity index (χ1) is 11.2. The lowest BCUT2D eigenvalue weighted by molar-refractivity contribution is 0.104. The predicted molar refractivity (Wildman–Crippen MR) is 92.7 cm³/mol. The molecule has 0 heterocycles. The van der Waals surface area contributed by atoms with Gasteiger partial charge in [0.25, 0.3) is 0 Å². The molecule has 120 valence electrons. The molecule has 3 nitrogen and oxygen atoms in total. The lowest BCUT2D eigenvalue weighted by Crippen LogP contribution is -1.96. The van der Waals surface area contributed by atoms with E-state index in [-0.39, 0.29) is 5.78 Å². The van der Waals surface area contributed by atoms with Crippen LogP contribution < -0.4 is 4.74 Å². The third kappa shape index (κ3) is 5.38. The molecule has 2 aromatic rings. The largest absolute Gasteiger partial charge is 0.494 e. The van der Waals surface area contributed by atoms with Crippen LogP contribution in [-0.2, 0) is 11.3 Å². The van der Waals surface area contributed by atoms with Crippen LogP contribution in [0, 0.1) is 0 Å². The highest BCUT2D eigenvalue weighted by Crippen LogP contribution is 2.14. The van der Waals surface area contributed by atoms with Gasteiger partial charge in [0.1, 0.15) is 5.75 Å². The van der Waals surface area contributed by atoms with Crippen molar-refractivity contribution in [1.82, 2.24) is 0 Å². The Hall–Kier alpha value is -2.39. The summed E-state index contributed by atoms with van der Waals surface area (Å²) in [6.45, 7) is 5.82. The maximum atomic E-state index is 12.2. The molecule has 0 saturated carbocycles. The fourth-order valence-corrected chi connectivity index (χ4v) is 2.10. The first-order valence-electron chi connectivity index (χ1n) is 7.85. The zero-order chi connectivity index (χ0) is 16.5. The Labute approximate surface area is 137 Å². The number of hydrogen-bond donors (Lipinski definition) is 0. The van der Waals surface area contributed by atoms with E-state index in [0.717, 1.165) is 16.9 Å². The van der Waals surface area contributed by atoms with Crippen molar-refractivity contribution in [3.8, 4) is 5.75 Å². The van der Waals surface area contributed by atoms with E-state index in [1.54, 1.807) is 6.08 Å². The fraction of sp³-hybridized carbons (Fsp3) is 0.250. The number of benzene rings is 2. The number of rotatable bonds is 8. The van der Waals surface area contributed by atoms with E-state index in [0.29, 0.717) is 25.4 Å². The highest BCUT2D eigenvalue weighted by atomic mass is 16.5. The molecule has 0 N–H and O–H groups in total. The van der Waals surface area contributed by atoms with E-state index in [1.807, 2.05) is 68.5 Å². The van der Waals surface area contributed by atoms with Crippen molar-refractivity contribution >= 4 is 11.9 Å². The smallest absolute Gasteiger partial charge is 0.185 e. The predicted octanol–water partition coefficient (Wildman–Crippen LogP) is 4.52. The van der Waals surface area contributed by atoms with E-state index in [1.165, 1.54) is 0 Å². The molecular formula is C20H22O3. The first kappa shape index (κ1) is 17.0. The molecular weight excluding hydrogens is 288 g/mol. The lowest BCUT2D eigenvalue weighted by atomic mass is 10.1. The van der Waals surface area contributed by atoms with Crippen LogP contribution in [0.3, 0.4) is 0 Å². The van der Waals surface area contributed by atoms with Gasteiger partial charge in [0.2, 0.25) is 0 Å². The molecule has 0 atom stereocenters. The summed E-state index contributed by atoms with van der Waals surface area (Å²) in [7, 11) is 0. The summed E-state index contributed by atoms with van der Waals surface area (Å²) in [5.41, 5.74) is 2.71. The molecule has 0 radical (unpaired) electrons. The van der Waals surface area contributed by atoms with Crippen LogP contribution in [0.25, 0.3) is 6.08 Å². The van der Waals surface area contributed by atoms with Gasteiger partial charge < -0.3 is 9.47 Å². The number of hydrogen-bond acceptors (Lipinski definition) is 3. The van der Waals surface area contributed by atoms with Gasteiger partial charge in [0, 0.05) is 12.2 Å². The lowest BCUT2D eigenvalue weighted by Gasteiger charge is -2.03. The first-order valence-corrected chi connectivity index (χ1v) is 7.85. The summed E-state index contributed by atoms with van der Waals surface area (Å²) in [5, 5.41) is 0. The molecule has 0 aromatic heterocycles. The van der Waals surface area contributed by atoms with E-state index < -0.39 is 0 Å². The van der Waals surface area contributed by atoms with Gasteiger partial charge in [-0.2, -0.15) is 0 Å². The highest BCUT2D eigenvalue weighted by Gasteiger charge is 2.02. The average Bonchev–Trinajstić information content (AvgIpc) is 2.60. The Morgan fingerprint density at radius 3 is 2.26 bits per heavy atom. The van der Waals surface area contributed by atoms with Crippen LogP contribution in [0.15, 0.2) is 54.6 Å². The fourth-order valence-electron chi connectivity index (χ4n) is 2.10. The third-order valence-electron chi connectivity index (χ3n) is 3.33. The monoisotopic (exact) mass is 310 g/mol. The molecule has 0 aliphatic carbocycles. The molecule has 0 aliphatic heterocycles. The minimum Gasteiger partial charge on any atom is -0.494 e. The highest BCUT2D eigenvalue weighted by molar-refractivity contribution is 6.06. The number of ketones is 1. The number of carbonyl (C=O) groups excluding carboxylic acids is 1. The van der Waals surface area contributed by atoms with Crippen LogP contribution in [0.4, 0.5) is 0 Å². The molecule has 0 saturated heterocycles. The second-order valence-electron chi connectivity index (χ2n) is 5.03. The van der Waals surface area contributed by atoms with Crippen molar-refractivity contribution in [1.29, 1.82) is 0 Å². The summed E-state index contributed by atoms with van der Waals surface area (Å²) in [6.07, 6.45) is 3.40. The molecule has 0 aliphatic rings. The van der Waals surface area contributed by atoms with Gasteiger partial charge in [0.15, 0.2) is 5.78 Å². The van der Waals surface area contributed by atoms with Gasteiger partial charge in [-0.05, 0) is 43.2 Å². The Balaban J connectivity index is 1.97. The van der Waals surface area contributed by atoms with E-state index >= 15 is 0 Å². The molecule has 0 unspecified atom stereocenters. The van der Waals surface area contributed by atoms with E-state index in [4.69, 9.17) is 9.47 Å². The summed E-state index contributed by atoms with van der Waals surface area (Å²) in [5.74, 6) is 0.822. The maximum Gasteiger partial charge on any atom is 0.185 e. The Morgan fingerprint density at radius 1 is 0.957 bits per heavy atom. The Morgan fingerprint density at radius 2 is 1.65 bits per heavy atom. The minimum atomic E-state index is -0.0122. The maximum absolute atomic E-state index is 12.2. The Bertz CT molecular complexity index is 640. The molecule has 2 rings (SSSR count). The molecule has 0 fully saturated rings. The van der Waals surface area contributed by atoms with Crippen LogP contribution in [-0.4, -0.2) is 19.0 Å². The van der Waals surface area contributed by atoms with Gasteiger partial charge in [-0.3, -0.25) is 4.79 Å². The van der Waals surface area contributed by atoms with Crippen molar-refractivity contribution in [2.45, 2.75) is 20.5 Å². The standard InChI is InChI=1S/C20H22O3/c1-3-22-15-17-5-10-18(11-6-17)20(21)14-9-16-7-12-19(13-8-16)23-4-2/h5-14H,3-4,15H2,1-2H3/b14-9+. The second-order valence-corrected chi connectivity index (χ2v) is 5.03. The number of ether oxygens (including phenoxy) is 2. The van der Waals surface area contributed by atoms with Crippen LogP contribution >= 0.6 is 0 Å². The molecule has 0 bridgehead atoms. The van der Waals surface area contributed by atoms with Crippen molar-refractivity contribution in [3.05, 3.63) is 71.3 Å². The molecule has 0 spiro atoms. The van der Waals surface area contributed by atoms with Crippen molar-refractivity contribution in [2.24, 2.45) is 0 Å². The van der Waals surface area contributed by atoms with E-state index in [2.05, 4.69) is 0 Å². The summed E-state index contributed by atoms with van der Waals surface area (Å²) in [6, 6.07) is 15.2. The topological polar surface area (TPSA) is 35.5 Å². The van der Waals surface area contributed by atoms with E-state index in [9.17, 15) is 4.79 Å². The van der Waals surface area contributed by atoms with Gasteiger partial charge in [0.05, 0.1) is 13.2 Å². The van der Waals surface area contributed by atoms with Gasteiger partial charge in [-0.25, -0.2) is 0 Å². The van der Waals surface area contributed by atoms with Gasteiger partial charge in [-0.15, -0.1) is 0 Å². The van der Waals surface area contributed by atoms with Gasteiger partial charge >= 0.3 is 0 Å². The molecule has 0 amide bonds. The SMILES string of the molecule is CCOCc1ccc(C(=O)/C=C/c2ccc(OCC)cc2)cc1. The summed E-state index contributed by atoms with van der Waals surface area (Å²) >= 11 is 0.